The van der Waals surface area contributed by atoms with Crippen LogP contribution >= 0.6 is 11.3 Å². The van der Waals surface area contributed by atoms with Gasteiger partial charge in [-0.05, 0) is 36.3 Å². The normalized spacial score (nSPS) is 20.9. The summed E-state index contributed by atoms with van der Waals surface area (Å²) in [5.74, 6) is 1.65. The van der Waals surface area contributed by atoms with E-state index >= 15 is 0 Å². The van der Waals surface area contributed by atoms with Gasteiger partial charge < -0.3 is 20.6 Å². The van der Waals surface area contributed by atoms with E-state index in [4.69, 9.17) is 6.42 Å². The lowest BCUT2D eigenvalue weighted by molar-refractivity contribution is -0.144. The molecule has 38 heavy (non-hydrogen) atoms. The van der Waals surface area contributed by atoms with Crippen molar-refractivity contribution < 1.29 is 19.5 Å². The number of aromatic nitrogens is 1. The van der Waals surface area contributed by atoms with Crippen LogP contribution in [0, 0.1) is 30.1 Å². The van der Waals surface area contributed by atoms with Crippen molar-refractivity contribution in [1.29, 1.82) is 0 Å². The number of aliphatic hydroxyl groups is 1. The molecule has 1 saturated heterocycles. The van der Waals surface area contributed by atoms with E-state index in [0.717, 1.165) is 21.7 Å². The molecule has 4 rings (SSSR count). The summed E-state index contributed by atoms with van der Waals surface area (Å²) in [5, 5.41) is 16.2. The van der Waals surface area contributed by atoms with Gasteiger partial charge >= 0.3 is 0 Å². The maximum absolute atomic E-state index is 13.7. The van der Waals surface area contributed by atoms with E-state index in [1.54, 1.807) is 11.3 Å². The Bertz CT molecular complexity index is 1240. The molecule has 2 fully saturated rings. The lowest BCUT2D eigenvalue weighted by Gasteiger charge is -2.36. The van der Waals surface area contributed by atoms with Crippen LogP contribution in [-0.2, 0) is 20.9 Å². The highest BCUT2D eigenvalue weighted by atomic mass is 32.1. The third kappa shape index (κ3) is 5.92. The van der Waals surface area contributed by atoms with Crippen molar-refractivity contribution in [1.82, 2.24) is 20.5 Å². The number of nitrogens with zero attached hydrogens (tertiary/aromatic N) is 2. The Morgan fingerprint density at radius 3 is 2.50 bits per heavy atom. The minimum Gasteiger partial charge on any atom is -0.391 e. The summed E-state index contributed by atoms with van der Waals surface area (Å²) in [6.45, 7) is 7.92. The molecule has 1 saturated carbocycles. The molecule has 8 nitrogen and oxygen atoms in total. The first-order valence-electron chi connectivity index (χ1n) is 13.0. The Hall–Kier alpha value is -3.22. The lowest BCUT2D eigenvalue weighted by atomic mass is 9.84. The number of terminal acetylenes is 1. The number of rotatable bonds is 8. The molecular formula is C29H36N4O4S. The number of benzene rings is 1. The van der Waals surface area contributed by atoms with Gasteiger partial charge in [-0.15, -0.1) is 23.7 Å². The Morgan fingerprint density at radius 1 is 1.26 bits per heavy atom. The van der Waals surface area contributed by atoms with Crippen LogP contribution in [0.2, 0.25) is 0 Å². The summed E-state index contributed by atoms with van der Waals surface area (Å²) in [6.07, 6.45) is 6.53. The number of aliphatic hydroxyl groups excluding tert-OH is 1. The fourth-order valence-electron chi connectivity index (χ4n) is 4.89. The summed E-state index contributed by atoms with van der Waals surface area (Å²) in [5.41, 5.74) is 3.58. The molecule has 0 spiro atoms. The summed E-state index contributed by atoms with van der Waals surface area (Å²) in [4.78, 5) is 46.8. The molecule has 2 aliphatic rings. The van der Waals surface area contributed by atoms with E-state index in [-0.39, 0.29) is 30.7 Å². The van der Waals surface area contributed by atoms with Crippen LogP contribution < -0.4 is 10.6 Å². The van der Waals surface area contributed by atoms with Crippen molar-refractivity contribution in [2.24, 2.45) is 10.8 Å². The maximum atomic E-state index is 13.7. The molecule has 2 heterocycles. The third-order valence-electron chi connectivity index (χ3n) is 7.46. The van der Waals surface area contributed by atoms with Crippen LogP contribution in [0.3, 0.4) is 0 Å². The fraction of sp³-hybridized carbons (Fsp3) is 0.517. The molecule has 202 valence electrons. The number of β-amino-alcohol motifs (C(OH)–C–C–N with tert-alkyl or cyclic N) is 1. The molecule has 0 unspecified atom stereocenters. The zero-order valence-corrected chi connectivity index (χ0v) is 23.2. The smallest absolute Gasteiger partial charge is 0.246 e. The fourth-order valence-corrected chi connectivity index (χ4v) is 5.71. The van der Waals surface area contributed by atoms with E-state index in [1.165, 1.54) is 4.90 Å². The highest BCUT2D eigenvalue weighted by Gasteiger charge is 2.52. The molecule has 2 aromatic rings. The predicted molar refractivity (Wildman–Crippen MR) is 147 cm³/mol. The number of carbonyl (C=O) groups excluding carboxylic acids is 3. The summed E-state index contributed by atoms with van der Waals surface area (Å²) in [6, 6.07) is 6.24. The second-order valence-corrected chi connectivity index (χ2v) is 12.4. The van der Waals surface area contributed by atoms with Gasteiger partial charge in [-0.3, -0.25) is 14.4 Å². The minimum absolute atomic E-state index is 0.0395. The molecule has 9 heteroatoms. The molecule has 1 aromatic carbocycles. The van der Waals surface area contributed by atoms with E-state index in [2.05, 4.69) is 21.5 Å². The number of amides is 3. The molecule has 3 amide bonds. The number of thiazole rings is 1. The second kappa shape index (κ2) is 10.9. The first kappa shape index (κ1) is 27.8. The number of hydrogen-bond donors (Lipinski definition) is 3. The van der Waals surface area contributed by atoms with Gasteiger partial charge in [0.05, 0.1) is 27.6 Å². The monoisotopic (exact) mass is 536 g/mol. The van der Waals surface area contributed by atoms with E-state index in [1.807, 2.05) is 57.5 Å². The van der Waals surface area contributed by atoms with Gasteiger partial charge in [0.2, 0.25) is 17.7 Å². The van der Waals surface area contributed by atoms with Crippen molar-refractivity contribution in [2.75, 3.05) is 6.54 Å². The first-order chi connectivity index (χ1) is 17.9. The zero-order chi connectivity index (χ0) is 27.7. The van der Waals surface area contributed by atoms with Crippen LogP contribution in [0.15, 0.2) is 29.8 Å². The quantitative estimate of drug-likeness (QED) is 0.449. The number of hydrogen-bond acceptors (Lipinski definition) is 6. The minimum atomic E-state index is -0.853. The summed E-state index contributed by atoms with van der Waals surface area (Å²) < 4.78 is 0. The standard InChI is InChI=1S/C29H36N4O4S/c1-6-11-29(12-13-29)27(37)32-24(28(3,4)5)26(36)33-16-21(34)14-22(33)25(35)30-15-19-7-9-20(10-8-19)23-18(2)31-17-38-23/h1,7-10,17,21-22,24,34H,11-16H2,2-5H3,(H,30,35)(H,32,37)/t21-,22+,24-/m1/s1. The van der Waals surface area contributed by atoms with E-state index in [9.17, 15) is 19.5 Å². The topological polar surface area (TPSA) is 112 Å². The van der Waals surface area contributed by atoms with Gasteiger partial charge in [0.1, 0.15) is 12.1 Å². The largest absolute Gasteiger partial charge is 0.391 e. The van der Waals surface area contributed by atoms with Gasteiger partial charge in [-0.1, -0.05) is 45.0 Å². The van der Waals surface area contributed by atoms with Gasteiger partial charge in [-0.25, -0.2) is 4.98 Å². The van der Waals surface area contributed by atoms with Crippen LogP contribution in [0.4, 0.5) is 0 Å². The number of carbonyl (C=O) groups is 3. The molecule has 0 bridgehead atoms. The predicted octanol–water partition coefficient (Wildman–Crippen LogP) is 3.03. The highest BCUT2D eigenvalue weighted by Crippen LogP contribution is 2.49. The number of aryl methyl sites for hydroxylation is 1. The SMILES string of the molecule is C#CCC1(C(=O)N[C@H](C(=O)N2C[C@H](O)C[C@H]2C(=O)NCc2ccc(-c3scnc3C)cc2)C(C)(C)C)CC1. The van der Waals surface area contributed by atoms with Gasteiger partial charge in [0, 0.05) is 25.9 Å². The van der Waals surface area contributed by atoms with Crippen LogP contribution in [0.5, 0.6) is 0 Å². The zero-order valence-electron chi connectivity index (χ0n) is 22.4. The molecule has 1 aromatic heterocycles. The Kier molecular flexibility index (Phi) is 7.96. The van der Waals surface area contributed by atoms with Crippen molar-refractivity contribution >= 4 is 29.1 Å². The number of nitrogens with one attached hydrogen (secondary N) is 2. The average Bonchev–Trinajstić information content (AvgIpc) is 3.36. The average molecular weight is 537 g/mol. The molecule has 3 atom stereocenters. The summed E-state index contributed by atoms with van der Waals surface area (Å²) >= 11 is 1.58. The van der Waals surface area contributed by atoms with Gasteiger partial charge in [0.15, 0.2) is 0 Å². The Balaban J connectivity index is 1.42. The van der Waals surface area contributed by atoms with Gasteiger partial charge in [-0.2, -0.15) is 0 Å². The Morgan fingerprint density at radius 2 is 1.95 bits per heavy atom. The van der Waals surface area contributed by atoms with Gasteiger partial charge in [0.25, 0.3) is 0 Å². The van der Waals surface area contributed by atoms with E-state index in [0.29, 0.717) is 25.8 Å². The van der Waals surface area contributed by atoms with E-state index < -0.39 is 29.0 Å². The van der Waals surface area contributed by atoms with Crippen LogP contribution in [0.25, 0.3) is 10.4 Å². The molecule has 3 N–H and O–H groups in total. The van der Waals surface area contributed by atoms with Crippen LogP contribution in [-0.4, -0.2) is 57.4 Å². The molecule has 0 radical (unpaired) electrons. The van der Waals surface area contributed by atoms with Crippen LogP contribution in [0.1, 0.15) is 57.7 Å². The van der Waals surface area contributed by atoms with Crippen molar-refractivity contribution in [3.63, 3.8) is 0 Å². The maximum Gasteiger partial charge on any atom is 0.246 e. The lowest BCUT2D eigenvalue weighted by Crippen LogP contribution is -2.58. The van der Waals surface area contributed by atoms with Crippen molar-refractivity contribution in [3.8, 4) is 22.8 Å². The molecular weight excluding hydrogens is 500 g/mol. The first-order valence-corrected chi connectivity index (χ1v) is 13.8. The Labute approximate surface area is 228 Å². The van der Waals surface area contributed by atoms with Crippen molar-refractivity contribution in [2.45, 2.75) is 78.1 Å². The second-order valence-electron chi connectivity index (χ2n) is 11.5. The molecule has 1 aliphatic carbocycles. The van der Waals surface area contributed by atoms with Crippen molar-refractivity contribution in [3.05, 3.63) is 41.0 Å². The third-order valence-corrected chi connectivity index (χ3v) is 8.43. The molecule has 1 aliphatic heterocycles. The number of likely N-dealkylation sites (tertiary alicyclic amines) is 1. The highest BCUT2D eigenvalue weighted by molar-refractivity contribution is 7.13. The summed E-state index contributed by atoms with van der Waals surface area (Å²) in [7, 11) is 0.